The van der Waals surface area contributed by atoms with Crippen LogP contribution in [-0.4, -0.2) is 34.7 Å². The Kier molecular flexibility index (Phi) is 14.3. The summed E-state index contributed by atoms with van der Waals surface area (Å²) >= 11 is 0. The van der Waals surface area contributed by atoms with Crippen LogP contribution in [0.1, 0.15) is 96.8 Å². The number of hydrogen-bond donors (Lipinski definition) is 1. The van der Waals surface area contributed by atoms with Crippen LogP contribution in [0.4, 0.5) is 0 Å². The van der Waals surface area contributed by atoms with E-state index < -0.39 is 12.0 Å². The first-order valence-electron chi connectivity index (χ1n) is 11.2. The van der Waals surface area contributed by atoms with Crippen molar-refractivity contribution in [3.05, 3.63) is 24.3 Å². The van der Waals surface area contributed by atoms with Crippen LogP contribution >= 0.6 is 0 Å². The lowest BCUT2D eigenvalue weighted by Crippen LogP contribution is -2.37. The zero-order valence-corrected chi connectivity index (χ0v) is 17.6. The van der Waals surface area contributed by atoms with E-state index in [0.717, 1.165) is 38.5 Å². The van der Waals surface area contributed by atoms with E-state index in [1.165, 1.54) is 43.6 Å². The van der Waals surface area contributed by atoms with Crippen LogP contribution < -0.4 is 0 Å². The van der Waals surface area contributed by atoms with Crippen molar-refractivity contribution < 1.29 is 19.5 Å². The lowest BCUT2D eigenvalue weighted by atomic mass is 10.1. The van der Waals surface area contributed by atoms with Crippen LogP contribution in [0.5, 0.6) is 0 Å². The molecule has 1 rings (SSSR count). The fourth-order valence-corrected chi connectivity index (χ4v) is 3.35. The second-order valence-corrected chi connectivity index (χ2v) is 7.58. The first-order valence-corrected chi connectivity index (χ1v) is 11.2. The number of carbonyl (C=O) groups excluding carboxylic acids is 1. The molecule has 0 aromatic heterocycles. The third-order valence-corrected chi connectivity index (χ3v) is 5.04. The van der Waals surface area contributed by atoms with Crippen LogP contribution in [0, 0.1) is 0 Å². The smallest absolute Gasteiger partial charge is 0.325 e. The Morgan fingerprint density at radius 3 is 2.29 bits per heavy atom. The minimum absolute atomic E-state index is 0.307. The number of carboxylic acid groups (broad SMARTS) is 1. The molecular weight excluding hydrogens is 354 g/mol. The first kappa shape index (κ1) is 24.4. The number of hydrogen-bond acceptors (Lipinski definition) is 4. The molecule has 0 unspecified atom stereocenters. The fraction of sp³-hybridized carbons (Fsp3) is 0.739. The zero-order chi connectivity index (χ0) is 20.5. The lowest BCUT2D eigenvalue weighted by Gasteiger charge is -2.19. The van der Waals surface area contributed by atoms with E-state index in [2.05, 4.69) is 31.2 Å². The van der Waals surface area contributed by atoms with Crippen molar-refractivity contribution in [2.24, 2.45) is 0 Å². The second-order valence-electron chi connectivity index (χ2n) is 7.58. The largest absolute Gasteiger partial charge is 0.480 e. The van der Waals surface area contributed by atoms with Crippen LogP contribution in [0.25, 0.3) is 0 Å². The summed E-state index contributed by atoms with van der Waals surface area (Å²) < 4.78 is 0. The normalized spacial score (nSPS) is 17.7. The molecule has 1 aliphatic heterocycles. The van der Waals surface area contributed by atoms with E-state index >= 15 is 0 Å². The highest BCUT2D eigenvalue weighted by atomic mass is 16.7. The number of unbranched alkanes of at least 4 members (excludes halogenated alkanes) is 8. The molecule has 1 aliphatic rings. The van der Waals surface area contributed by atoms with Gasteiger partial charge in [-0.05, 0) is 51.4 Å². The summed E-state index contributed by atoms with van der Waals surface area (Å²) in [6, 6.07) is -0.673. The summed E-state index contributed by atoms with van der Waals surface area (Å²) in [6.07, 6.45) is 23.3. The van der Waals surface area contributed by atoms with Gasteiger partial charge >= 0.3 is 11.9 Å². The van der Waals surface area contributed by atoms with Gasteiger partial charge in [0.2, 0.25) is 0 Å². The van der Waals surface area contributed by atoms with Crippen LogP contribution in [0.15, 0.2) is 24.3 Å². The average molecular weight is 394 g/mol. The Morgan fingerprint density at radius 1 is 0.964 bits per heavy atom. The third kappa shape index (κ3) is 12.0. The molecule has 160 valence electrons. The summed E-state index contributed by atoms with van der Waals surface area (Å²) in [6.45, 7) is 2.75. The molecule has 1 saturated heterocycles. The minimum Gasteiger partial charge on any atom is -0.480 e. The second kappa shape index (κ2) is 16.3. The van der Waals surface area contributed by atoms with Crippen molar-refractivity contribution in [2.75, 3.05) is 6.54 Å². The Morgan fingerprint density at radius 2 is 1.61 bits per heavy atom. The number of carbonyl (C=O) groups is 2. The topological polar surface area (TPSA) is 66.8 Å². The average Bonchev–Trinajstić information content (AvgIpc) is 3.13. The Bertz CT molecular complexity index is 487. The van der Waals surface area contributed by atoms with Gasteiger partial charge in [0.25, 0.3) is 0 Å². The monoisotopic (exact) mass is 393 g/mol. The molecule has 0 bridgehead atoms. The Hall–Kier alpha value is -1.62. The third-order valence-electron chi connectivity index (χ3n) is 5.04. The number of hydroxylamine groups is 2. The van der Waals surface area contributed by atoms with Gasteiger partial charge in [-0.3, -0.25) is 9.59 Å². The molecule has 5 nitrogen and oxygen atoms in total. The van der Waals surface area contributed by atoms with Crippen molar-refractivity contribution in [2.45, 2.75) is 103 Å². The molecule has 5 heteroatoms. The van der Waals surface area contributed by atoms with Gasteiger partial charge in [0.15, 0.2) is 0 Å². The highest BCUT2D eigenvalue weighted by Gasteiger charge is 2.33. The molecule has 0 aromatic carbocycles. The molecule has 0 amide bonds. The van der Waals surface area contributed by atoms with Crippen molar-refractivity contribution in [3.8, 4) is 0 Å². The van der Waals surface area contributed by atoms with Gasteiger partial charge in [-0.1, -0.05) is 63.3 Å². The highest BCUT2D eigenvalue weighted by molar-refractivity contribution is 5.74. The molecule has 1 atom stereocenters. The van der Waals surface area contributed by atoms with E-state index in [9.17, 15) is 9.59 Å². The van der Waals surface area contributed by atoms with Gasteiger partial charge in [-0.2, -0.15) is 0 Å². The number of allylic oxidation sites excluding steroid dienone is 4. The maximum absolute atomic E-state index is 11.8. The number of aliphatic carboxylic acids is 1. The van der Waals surface area contributed by atoms with Crippen molar-refractivity contribution in [3.63, 3.8) is 0 Å². The van der Waals surface area contributed by atoms with Gasteiger partial charge in [0.05, 0.1) is 0 Å². The summed E-state index contributed by atoms with van der Waals surface area (Å²) in [5, 5.41) is 10.4. The number of nitrogens with zero attached hydrogens (tertiary/aromatic N) is 1. The van der Waals surface area contributed by atoms with Crippen LogP contribution in [0.2, 0.25) is 0 Å². The summed E-state index contributed by atoms with van der Waals surface area (Å²) in [7, 11) is 0. The Labute approximate surface area is 170 Å². The zero-order valence-electron chi connectivity index (χ0n) is 17.6. The molecule has 28 heavy (non-hydrogen) atoms. The summed E-state index contributed by atoms with van der Waals surface area (Å²) in [4.78, 5) is 28.1. The summed E-state index contributed by atoms with van der Waals surface area (Å²) in [5.41, 5.74) is 0. The molecule has 0 saturated carbocycles. The quantitative estimate of drug-likeness (QED) is 0.265. The standard InChI is InChI=1S/C23H39NO4/c1-2-3-4-5-6-7-8-9-10-11-12-13-14-15-16-19-22(25)28-24-20-17-18-21(24)23(26)27/h6-7,9-10,21H,2-5,8,11-20H2,1H3,(H,26,27)/t21-/m0/s1. The first-order chi connectivity index (χ1) is 13.6. The number of carboxylic acids is 1. The maximum atomic E-state index is 11.8. The van der Waals surface area contributed by atoms with Gasteiger partial charge < -0.3 is 9.94 Å². The maximum Gasteiger partial charge on any atom is 0.325 e. The predicted octanol–water partition coefficient (Wildman–Crippen LogP) is 5.81. The SMILES string of the molecule is CCCCCC=CCC=CCCCCCCCC(=O)ON1CCC[C@H]1C(=O)O. The van der Waals surface area contributed by atoms with E-state index in [1.807, 2.05) is 0 Å². The molecule has 1 fully saturated rings. The lowest BCUT2D eigenvalue weighted by molar-refractivity contribution is -0.199. The van der Waals surface area contributed by atoms with Gasteiger partial charge in [-0.25, -0.2) is 0 Å². The van der Waals surface area contributed by atoms with Gasteiger partial charge in [0, 0.05) is 13.0 Å². The molecule has 0 spiro atoms. The molecular formula is C23H39NO4. The van der Waals surface area contributed by atoms with Gasteiger partial charge in [0.1, 0.15) is 6.04 Å². The van der Waals surface area contributed by atoms with Crippen molar-refractivity contribution in [1.82, 2.24) is 5.06 Å². The molecule has 1 heterocycles. The highest BCUT2D eigenvalue weighted by Crippen LogP contribution is 2.18. The van der Waals surface area contributed by atoms with E-state index in [1.54, 1.807) is 0 Å². The Balaban J connectivity index is 1.91. The van der Waals surface area contributed by atoms with Crippen LogP contribution in [0.3, 0.4) is 0 Å². The predicted molar refractivity (Wildman–Crippen MR) is 113 cm³/mol. The minimum atomic E-state index is -0.914. The van der Waals surface area contributed by atoms with Crippen LogP contribution in [-0.2, 0) is 14.4 Å². The fourth-order valence-electron chi connectivity index (χ4n) is 3.35. The van der Waals surface area contributed by atoms with E-state index in [4.69, 9.17) is 9.94 Å². The van der Waals surface area contributed by atoms with E-state index in [-0.39, 0.29) is 5.97 Å². The summed E-state index contributed by atoms with van der Waals surface area (Å²) in [5.74, 6) is -1.22. The molecule has 0 aromatic rings. The molecule has 0 aliphatic carbocycles. The van der Waals surface area contributed by atoms with Gasteiger partial charge in [-0.15, -0.1) is 5.06 Å². The number of rotatable bonds is 16. The van der Waals surface area contributed by atoms with Crippen molar-refractivity contribution >= 4 is 11.9 Å². The molecule has 1 N–H and O–H groups in total. The van der Waals surface area contributed by atoms with Crippen molar-refractivity contribution in [1.29, 1.82) is 0 Å². The van der Waals surface area contributed by atoms with E-state index in [0.29, 0.717) is 19.4 Å². The molecule has 0 radical (unpaired) electrons.